The van der Waals surface area contributed by atoms with Crippen molar-refractivity contribution in [2.75, 3.05) is 31.5 Å². The van der Waals surface area contributed by atoms with E-state index in [0.29, 0.717) is 30.0 Å². The van der Waals surface area contributed by atoms with E-state index in [4.69, 9.17) is 0 Å². The fourth-order valence-corrected chi connectivity index (χ4v) is 4.31. The molecule has 39 heavy (non-hydrogen) atoms. The van der Waals surface area contributed by atoms with Gasteiger partial charge < -0.3 is 10.6 Å². The summed E-state index contributed by atoms with van der Waals surface area (Å²) in [6, 6.07) is 12.5. The Labute approximate surface area is 229 Å². The third kappa shape index (κ3) is 6.57. The SMILES string of the molecule is Cc1ccc(C(=O)Nc2ccc(CN3CCNCC3)c(C(F)(F)F)c2)cc1C#Cc1cnc2cccnn12.Cl. The van der Waals surface area contributed by atoms with E-state index in [9.17, 15) is 18.0 Å². The number of piperazine rings is 1. The Morgan fingerprint density at radius 2 is 1.90 bits per heavy atom. The number of carbonyl (C=O) groups is 1. The number of fused-ring (bicyclic) bond motifs is 1. The Balaban J connectivity index is 0.00000353. The third-order valence-corrected chi connectivity index (χ3v) is 6.38. The number of nitrogens with zero attached hydrogens (tertiary/aromatic N) is 4. The quantitative estimate of drug-likeness (QED) is 0.363. The number of carbonyl (C=O) groups excluding carboxylic acids is 1. The van der Waals surface area contributed by atoms with E-state index in [1.807, 2.05) is 17.9 Å². The molecule has 11 heteroatoms. The van der Waals surface area contributed by atoms with E-state index < -0.39 is 17.6 Å². The first-order valence-electron chi connectivity index (χ1n) is 12.1. The van der Waals surface area contributed by atoms with Crippen molar-refractivity contribution in [3.8, 4) is 11.8 Å². The first-order valence-corrected chi connectivity index (χ1v) is 12.1. The van der Waals surface area contributed by atoms with Gasteiger partial charge in [-0.25, -0.2) is 9.50 Å². The molecule has 1 fully saturated rings. The Morgan fingerprint density at radius 3 is 2.67 bits per heavy atom. The van der Waals surface area contributed by atoms with Crippen molar-refractivity contribution in [2.24, 2.45) is 0 Å². The molecule has 3 heterocycles. The molecule has 2 aromatic carbocycles. The van der Waals surface area contributed by atoms with E-state index in [0.717, 1.165) is 24.7 Å². The number of hydrogen-bond acceptors (Lipinski definition) is 5. The molecule has 2 aromatic heterocycles. The van der Waals surface area contributed by atoms with E-state index in [1.165, 1.54) is 12.1 Å². The lowest BCUT2D eigenvalue weighted by Crippen LogP contribution is -2.43. The maximum atomic E-state index is 13.9. The van der Waals surface area contributed by atoms with Gasteiger partial charge in [0.2, 0.25) is 0 Å². The number of hydrogen-bond donors (Lipinski definition) is 2. The number of halogens is 4. The van der Waals surface area contributed by atoms with Crippen LogP contribution in [0, 0.1) is 18.8 Å². The molecule has 4 aromatic rings. The van der Waals surface area contributed by atoms with Gasteiger partial charge in [-0.1, -0.05) is 18.1 Å². The lowest BCUT2D eigenvalue weighted by molar-refractivity contribution is -0.138. The van der Waals surface area contributed by atoms with Gasteiger partial charge in [-0.05, 0) is 60.4 Å². The highest BCUT2D eigenvalue weighted by Gasteiger charge is 2.34. The van der Waals surface area contributed by atoms with Crippen LogP contribution >= 0.6 is 12.4 Å². The Hall–Kier alpha value is -3.91. The predicted molar refractivity (Wildman–Crippen MR) is 145 cm³/mol. The first kappa shape index (κ1) is 28.1. The number of benzene rings is 2. The smallest absolute Gasteiger partial charge is 0.322 e. The average molecular weight is 555 g/mol. The van der Waals surface area contributed by atoms with Crippen LogP contribution in [0.5, 0.6) is 0 Å². The van der Waals surface area contributed by atoms with Gasteiger partial charge in [-0.3, -0.25) is 9.69 Å². The molecule has 1 aliphatic rings. The summed E-state index contributed by atoms with van der Waals surface area (Å²) in [5.41, 5.74) is 2.54. The van der Waals surface area contributed by atoms with Crippen molar-refractivity contribution in [1.29, 1.82) is 0 Å². The monoisotopic (exact) mass is 554 g/mol. The largest absolute Gasteiger partial charge is 0.416 e. The number of rotatable bonds is 4. The van der Waals surface area contributed by atoms with Crippen LogP contribution in [0.3, 0.4) is 0 Å². The maximum Gasteiger partial charge on any atom is 0.416 e. The van der Waals surface area contributed by atoms with Crippen LogP contribution < -0.4 is 10.6 Å². The van der Waals surface area contributed by atoms with Gasteiger partial charge in [-0.2, -0.15) is 18.3 Å². The topological polar surface area (TPSA) is 74.6 Å². The molecule has 0 radical (unpaired) electrons. The number of nitrogens with one attached hydrogen (secondary N) is 2. The van der Waals surface area contributed by atoms with Crippen molar-refractivity contribution in [1.82, 2.24) is 24.8 Å². The molecule has 0 saturated carbocycles. The van der Waals surface area contributed by atoms with E-state index in [-0.39, 0.29) is 35.8 Å². The Bertz CT molecular complexity index is 1550. The molecule has 0 bridgehead atoms. The molecule has 7 nitrogen and oxygen atoms in total. The van der Waals surface area contributed by atoms with Crippen molar-refractivity contribution in [3.63, 3.8) is 0 Å². The van der Waals surface area contributed by atoms with Gasteiger partial charge in [0.05, 0.1) is 11.8 Å². The van der Waals surface area contributed by atoms with Gasteiger partial charge in [0.15, 0.2) is 5.65 Å². The van der Waals surface area contributed by atoms with Gasteiger partial charge in [0, 0.05) is 55.7 Å². The second kappa shape index (κ2) is 11.9. The van der Waals surface area contributed by atoms with Crippen molar-refractivity contribution in [3.05, 3.63) is 94.4 Å². The van der Waals surface area contributed by atoms with E-state index >= 15 is 0 Å². The summed E-state index contributed by atoms with van der Waals surface area (Å²) in [6.07, 6.45) is -1.29. The van der Waals surface area contributed by atoms with E-state index in [1.54, 1.807) is 41.2 Å². The molecule has 0 unspecified atom stereocenters. The third-order valence-electron chi connectivity index (χ3n) is 6.38. The molecule has 0 spiro atoms. The highest BCUT2D eigenvalue weighted by atomic mass is 35.5. The first-order chi connectivity index (χ1) is 18.3. The molecule has 2 N–H and O–H groups in total. The predicted octanol–water partition coefficient (Wildman–Crippen LogP) is 4.54. The summed E-state index contributed by atoms with van der Waals surface area (Å²) in [7, 11) is 0. The van der Waals surface area contributed by atoms with Crippen LogP contribution in [0.1, 0.15) is 38.3 Å². The van der Waals surface area contributed by atoms with E-state index in [2.05, 4.69) is 32.6 Å². The normalized spacial score (nSPS) is 13.8. The van der Waals surface area contributed by atoms with Crippen LogP contribution in [0.2, 0.25) is 0 Å². The zero-order valence-corrected chi connectivity index (χ0v) is 21.9. The standard InChI is InChI=1S/C28H25F3N6O.ClH/c1-19-4-5-21(15-20(19)7-9-24-17-33-26-3-2-10-34-37(24)26)27(38)35-23-8-6-22(25(16-23)28(29,30)31)18-36-13-11-32-12-14-36;/h2-6,8,10,15-17,32H,11-14,18H2,1H3,(H,35,38);1H. The minimum absolute atomic E-state index is 0. The van der Waals surface area contributed by atoms with Crippen LogP contribution in [0.4, 0.5) is 18.9 Å². The zero-order chi connectivity index (χ0) is 26.7. The van der Waals surface area contributed by atoms with Gasteiger partial charge >= 0.3 is 6.18 Å². The Morgan fingerprint density at radius 1 is 1.10 bits per heavy atom. The number of alkyl halides is 3. The fourth-order valence-electron chi connectivity index (χ4n) is 4.31. The number of aromatic nitrogens is 3. The van der Waals surface area contributed by atoms with Crippen LogP contribution in [-0.4, -0.2) is 51.6 Å². The Kier molecular flexibility index (Phi) is 8.55. The van der Waals surface area contributed by atoms with Crippen molar-refractivity contribution >= 4 is 29.6 Å². The molecular weight excluding hydrogens is 529 g/mol. The van der Waals surface area contributed by atoms with Crippen molar-refractivity contribution in [2.45, 2.75) is 19.6 Å². The number of imidazole rings is 1. The number of anilines is 1. The number of amides is 1. The van der Waals surface area contributed by atoms with Gasteiger partial charge in [0.1, 0.15) is 5.69 Å². The summed E-state index contributed by atoms with van der Waals surface area (Å²) >= 11 is 0. The average Bonchev–Trinajstić information content (AvgIpc) is 3.32. The summed E-state index contributed by atoms with van der Waals surface area (Å²) < 4.78 is 43.2. The van der Waals surface area contributed by atoms with Crippen LogP contribution in [0.15, 0.2) is 60.9 Å². The summed E-state index contributed by atoms with van der Waals surface area (Å²) in [6.45, 7) is 4.92. The lowest BCUT2D eigenvalue weighted by atomic mass is 10.0. The van der Waals surface area contributed by atoms with Gasteiger partial charge in [-0.15, -0.1) is 12.4 Å². The molecule has 1 amide bonds. The van der Waals surface area contributed by atoms with Gasteiger partial charge in [0.25, 0.3) is 5.91 Å². The summed E-state index contributed by atoms with van der Waals surface area (Å²) in [5.74, 6) is 5.56. The second-order valence-corrected chi connectivity index (χ2v) is 9.07. The summed E-state index contributed by atoms with van der Waals surface area (Å²) in [5, 5.41) is 10.0. The molecule has 1 saturated heterocycles. The minimum Gasteiger partial charge on any atom is -0.322 e. The molecule has 1 aliphatic heterocycles. The van der Waals surface area contributed by atoms with Crippen LogP contribution in [-0.2, 0) is 12.7 Å². The fraction of sp³-hybridized carbons (Fsp3) is 0.250. The van der Waals surface area contributed by atoms with Crippen molar-refractivity contribution < 1.29 is 18.0 Å². The molecule has 5 rings (SSSR count). The summed E-state index contributed by atoms with van der Waals surface area (Å²) in [4.78, 5) is 19.2. The second-order valence-electron chi connectivity index (χ2n) is 9.07. The lowest BCUT2D eigenvalue weighted by Gasteiger charge is -2.28. The molecular formula is C28H26ClF3N6O. The zero-order valence-electron chi connectivity index (χ0n) is 21.0. The number of aryl methyl sites for hydroxylation is 1. The maximum absolute atomic E-state index is 13.9. The molecule has 0 atom stereocenters. The molecule has 0 aliphatic carbocycles. The van der Waals surface area contributed by atoms with Crippen LogP contribution in [0.25, 0.3) is 5.65 Å². The molecule has 202 valence electrons. The highest BCUT2D eigenvalue weighted by molar-refractivity contribution is 6.04. The minimum atomic E-state index is -4.54. The highest BCUT2D eigenvalue weighted by Crippen LogP contribution is 2.34.